The Labute approximate surface area is 172 Å². The first-order valence-corrected chi connectivity index (χ1v) is 9.25. The summed E-state index contributed by atoms with van der Waals surface area (Å²) in [4.78, 5) is 32.2. The molecule has 0 spiro atoms. The smallest absolute Gasteiger partial charge is 0.335 e. The molecular formula is C19H24N8O3. The lowest BCUT2D eigenvalue weighted by atomic mass is 10.1. The van der Waals surface area contributed by atoms with Gasteiger partial charge >= 0.3 is 5.97 Å². The minimum absolute atomic E-state index is 0.126. The number of carboxylic acid groups (broad SMARTS) is 1. The third kappa shape index (κ3) is 3.77. The number of nitrogens with zero attached hydrogens (tertiary/aromatic N) is 3. The van der Waals surface area contributed by atoms with Crippen molar-refractivity contribution < 1.29 is 14.7 Å². The summed E-state index contributed by atoms with van der Waals surface area (Å²) >= 11 is 0. The number of carbonyl (C=O) groups excluding carboxylic acids is 1. The summed E-state index contributed by atoms with van der Waals surface area (Å²) in [6.07, 6.45) is 0. The number of pyridine rings is 1. The third-order valence-electron chi connectivity index (χ3n) is 4.64. The maximum absolute atomic E-state index is 12.4. The molecule has 0 fully saturated rings. The Kier molecular flexibility index (Phi) is 5.90. The zero-order valence-electron chi connectivity index (χ0n) is 16.9. The number of nitrogens with two attached hydrogens (primary N) is 1. The standard InChI is InChI=1S/C19H24N8O3/c1-21-13-14-12(15(20)26-16(13)22-2)25-19(23-3)27(14)9-8-24-17(28)10-4-6-11(7-5-10)18(29)30/h4-7,21H,8-9H2,1-3H3,(H,23,25)(H,24,28)(H,29,30)(H3,20,22,26). The van der Waals surface area contributed by atoms with Crippen LogP contribution in [0.4, 0.5) is 23.3 Å². The van der Waals surface area contributed by atoms with E-state index >= 15 is 0 Å². The predicted molar refractivity (Wildman–Crippen MR) is 116 cm³/mol. The molecular weight excluding hydrogens is 388 g/mol. The van der Waals surface area contributed by atoms with Gasteiger partial charge in [-0.25, -0.2) is 14.8 Å². The molecule has 3 rings (SSSR count). The van der Waals surface area contributed by atoms with Gasteiger partial charge in [0.1, 0.15) is 16.7 Å². The Morgan fingerprint density at radius 3 is 2.27 bits per heavy atom. The van der Waals surface area contributed by atoms with E-state index in [4.69, 9.17) is 10.8 Å². The van der Waals surface area contributed by atoms with Crippen molar-refractivity contribution in [1.29, 1.82) is 0 Å². The van der Waals surface area contributed by atoms with Crippen LogP contribution < -0.4 is 27.0 Å². The first-order chi connectivity index (χ1) is 14.4. The summed E-state index contributed by atoms with van der Waals surface area (Å²) in [6, 6.07) is 5.76. The van der Waals surface area contributed by atoms with E-state index in [2.05, 4.69) is 31.2 Å². The minimum Gasteiger partial charge on any atom is -0.478 e. The molecule has 0 saturated carbocycles. The maximum Gasteiger partial charge on any atom is 0.335 e. The van der Waals surface area contributed by atoms with Crippen molar-refractivity contribution in [2.24, 2.45) is 0 Å². The molecule has 0 aliphatic rings. The normalized spacial score (nSPS) is 10.6. The van der Waals surface area contributed by atoms with Crippen LogP contribution in [0.3, 0.4) is 0 Å². The second-order valence-corrected chi connectivity index (χ2v) is 6.39. The fourth-order valence-corrected chi connectivity index (χ4v) is 3.20. The van der Waals surface area contributed by atoms with Crippen LogP contribution in [-0.2, 0) is 6.54 Å². The number of aromatic carboxylic acids is 1. The van der Waals surface area contributed by atoms with Gasteiger partial charge in [-0.05, 0) is 24.3 Å². The van der Waals surface area contributed by atoms with Crippen molar-refractivity contribution in [2.75, 3.05) is 49.4 Å². The van der Waals surface area contributed by atoms with Gasteiger partial charge in [0.25, 0.3) is 5.91 Å². The molecule has 0 saturated heterocycles. The van der Waals surface area contributed by atoms with Gasteiger partial charge in [-0.15, -0.1) is 0 Å². The van der Waals surface area contributed by atoms with Crippen LogP contribution in [0.2, 0.25) is 0 Å². The van der Waals surface area contributed by atoms with Gasteiger partial charge in [-0.1, -0.05) is 0 Å². The molecule has 7 N–H and O–H groups in total. The minimum atomic E-state index is -1.04. The lowest BCUT2D eigenvalue weighted by Crippen LogP contribution is -2.27. The number of rotatable bonds is 8. The SMILES string of the molecule is CNc1nc(N)c2nc(NC)n(CCNC(=O)c3ccc(C(=O)O)cc3)c2c1NC. The molecule has 0 atom stereocenters. The van der Waals surface area contributed by atoms with Crippen molar-refractivity contribution in [3.63, 3.8) is 0 Å². The molecule has 0 radical (unpaired) electrons. The number of imidazole rings is 1. The van der Waals surface area contributed by atoms with Gasteiger partial charge in [0, 0.05) is 39.8 Å². The van der Waals surface area contributed by atoms with Gasteiger partial charge in [0.15, 0.2) is 11.6 Å². The molecule has 1 amide bonds. The molecule has 2 aromatic heterocycles. The Bertz CT molecular complexity index is 1090. The summed E-state index contributed by atoms with van der Waals surface area (Å²) in [5.41, 5.74) is 8.65. The Morgan fingerprint density at radius 1 is 1.03 bits per heavy atom. The zero-order valence-corrected chi connectivity index (χ0v) is 16.9. The van der Waals surface area contributed by atoms with E-state index in [1.54, 1.807) is 21.1 Å². The molecule has 0 unspecified atom stereocenters. The van der Waals surface area contributed by atoms with E-state index in [9.17, 15) is 9.59 Å². The van der Waals surface area contributed by atoms with Crippen LogP contribution in [0.15, 0.2) is 24.3 Å². The highest BCUT2D eigenvalue weighted by Gasteiger charge is 2.20. The molecule has 30 heavy (non-hydrogen) atoms. The van der Waals surface area contributed by atoms with Gasteiger partial charge in [-0.2, -0.15) is 0 Å². The molecule has 0 aliphatic heterocycles. The number of anilines is 4. The van der Waals surface area contributed by atoms with Crippen molar-refractivity contribution in [2.45, 2.75) is 6.54 Å². The number of amides is 1. The Hall–Kier alpha value is -4.02. The predicted octanol–water partition coefficient (Wildman–Crippen LogP) is 1.27. The van der Waals surface area contributed by atoms with Crippen LogP contribution in [0.5, 0.6) is 0 Å². The van der Waals surface area contributed by atoms with E-state index in [1.807, 2.05) is 4.57 Å². The second-order valence-electron chi connectivity index (χ2n) is 6.39. The first-order valence-electron chi connectivity index (χ1n) is 9.25. The lowest BCUT2D eigenvalue weighted by molar-refractivity contribution is 0.0696. The van der Waals surface area contributed by atoms with Gasteiger partial charge in [-0.3, -0.25) is 4.79 Å². The van der Waals surface area contributed by atoms with Gasteiger partial charge in [0.05, 0.1) is 5.56 Å². The molecule has 11 heteroatoms. The monoisotopic (exact) mass is 412 g/mol. The van der Waals surface area contributed by atoms with E-state index in [0.29, 0.717) is 41.8 Å². The van der Waals surface area contributed by atoms with E-state index in [-0.39, 0.29) is 11.5 Å². The van der Waals surface area contributed by atoms with Crippen molar-refractivity contribution in [1.82, 2.24) is 19.9 Å². The zero-order chi connectivity index (χ0) is 21.8. The van der Waals surface area contributed by atoms with Gasteiger partial charge < -0.3 is 36.7 Å². The molecule has 2 heterocycles. The number of carboxylic acids is 1. The molecule has 158 valence electrons. The van der Waals surface area contributed by atoms with Crippen LogP contribution in [0.25, 0.3) is 11.0 Å². The van der Waals surface area contributed by atoms with Crippen LogP contribution in [0.1, 0.15) is 20.7 Å². The quantitative estimate of drug-likeness (QED) is 0.320. The molecule has 0 aliphatic carbocycles. The summed E-state index contributed by atoms with van der Waals surface area (Å²) in [5, 5.41) is 21.0. The molecule has 0 bridgehead atoms. The number of benzene rings is 1. The van der Waals surface area contributed by atoms with Crippen LogP contribution in [0, 0.1) is 0 Å². The van der Waals surface area contributed by atoms with E-state index in [1.165, 1.54) is 24.3 Å². The highest BCUT2D eigenvalue weighted by molar-refractivity contribution is 6.01. The molecule has 11 nitrogen and oxygen atoms in total. The summed E-state index contributed by atoms with van der Waals surface area (Å²) in [6.45, 7) is 0.743. The molecule has 1 aromatic carbocycles. The number of hydrogen-bond donors (Lipinski definition) is 6. The second kappa shape index (κ2) is 8.55. The molecule has 3 aromatic rings. The van der Waals surface area contributed by atoms with Crippen molar-refractivity contribution in [3.8, 4) is 0 Å². The van der Waals surface area contributed by atoms with Gasteiger partial charge in [0.2, 0.25) is 5.95 Å². The topological polar surface area (TPSA) is 159 Å². The first kappa shape index (κ1) is 20.7. The summed E-state index contributed by atoms with van der Waals surface area (Å²) in [7, 11) is 5.29. The van der Waals surface area contributed by atoms with E-state index in [0.717, 1.165) is 11.2 Å². The number of nitrogen functional groups attached to an aromatic ring is 1. The summed E-state index contributed by atoms with van der Waals surface area (Å²) < 4.78 is 1.91. The number of aromatic nitrogens is 3. The highest BCUT2D eigenvalue weighted by Crippen LogP contribution is 2.34. The average molecular weight is 412 g/mol. The fraction of sp³-hybridized carbons (Fsp3) is 0.263. The number of carbonyl (C=O) groups is 2. The van der Waals surface area contributed by atoms with E-state index < -0.39 is 5.97 Å². The van der Waals surface area contributed by atoms with Crippen molar-refractivity contribution in [3.05, 3.63) is 35.4 Å². The van der Waals surface area contributed by atoms with Crippen molar-refractivity contribution >= 4 is 46.2 Å². The average Bonchev–Trinajstić information content (AvgIpc) is 3.12. The largest absolute Gasteiger partial charge is 0.478 e. The summed E-state index contributed by atoms with van der Waals surface area (Å²) in [5.74, 6) is 0.139. The highest BCUT2D eigenvalue weighted by atomic mass is 16.4. The van der Waals surface area contributed by atoms with Crippen LogP contribution in [-0.4, -0.2) is 59.2 Å². The third-order valence-corrected chi connectivity index (χ3v) is 4.64. The maximum atomic E-state index is 12.4. The number of fused-ring (bicyclic) bond motifs is 1. The lowest BCUT2D eigenvalue weighted by Gasteiger charge is -2.14. The fourth-order valence-electron chi connectivity index (χ4n) is 3.20. The Morgan fingerprint density at radius 2 is 1.70 bits per heavy atom. The van der Waals surface area contributed by atoms with Crippen LogP contribution >= 0.6 is 0 Å². The Balaban J connectivity index is 1.84. The number of nitrogens with one attached hydrogen (secondary N) is 4. The number of hydrogen-bond acceptors (Lipinski definition) is 8.